The lowest BCUT2D eigenvalue weighted by Gasteiger charge is -2.35. The van der Waals surface area contributed by atoms with Gasteiger partial charge in [0.15, 0.2) is 0 Å². The molecule has 0 aliphatic carbocycles. The number of hydrogen-bond donors (Lipinski definition) is 1. The van der Waals surface area contributed by atoms with Crippen LogP contribution in [0.5, 0.6) is 0 Å². The van der Waals surface area contributed by atoms with E-state index in [0.717, 1.165) is 22.8 Å². The van der Waals surface area contributed by atoms with Gasteiger partial charge in [-0.15, -0.1) is 11.3 Å². The molecule has 1 N–H and O–H groups in total. The van der Waals surface area contributed by atoms with Crippen molar-refractivity contribution in [3.63, 3.8) is 0 Å². The number of piperazine rings is 1. The summed E-state index contributed by atoms with van der Waals surface area (Å²) in [4.78, 5) is 20.4. The first-order valence-electron chi connectivity index (χ1n) is 9.39. The second-order valence-electron chi connectivity index (χ2n) is 7.09. The zero-order chi connectivity index (χ0) is 21.3. The van der Waals surface area contributed by atoms with Gasteiger partial charge in [-0.25, -0.2) is 18.5 Å². The molecular formula is C19H22N6O3S2. The van der Waals surface area contributed by atoms with Crippen LogP contribution in [0.3, 0.4) is 0 Å². The average Bonchev–Trinajstić information content (AvgIpc) is 3.26. The van der Waals surface area contributed by atoms with E-state index in [0.29, 0.717) is 36.8 Å². The van der Waals surface area contributed by atoms with E-state index in [1.54, 1.807) is 18.2 Å². The normalized spacial score (nSPS) is 15.3. The minimum absolute atomic E-state index is 0.274. The predicted molar refractivity (Wildman–Crippen MR) is 118 cm³/mol. The van der Waals surface area contributed by atoms with Crippen molar-refractivity contribution < 1.29 is 8.42 Å². The number of nitrogens with zero attached hydrogens (tertiary/aromatic N) is 5. The highest BCUT2D eigenvalue weighted by Gasteiger charge is 2.30. The zero-order valence-electron chi connectivity index (χ0n) is 16.6. The van der Waals surface area contributed by atoms with E-state index in [1.165, 1.54) is 10.4 Å². The molecule has 158 valence electrons. The molecule has 1 saturated heterocycles. The summed E-state index contributed by atoms with van der Waals surface area (Å²) in [6.45, 7) is 2.01. The molecule has 3 aromatic rings. The summed E-state index contributed by atoms with van der Waals surface area (Å²) in [6, 6.07) is 10.2. The Kier molecular flexibility index (Phi) is 5.58. The Morgan fingerprint density at radius 1 is 1.03 bits per heavy atom. The summed E-state index contributed by atoms with van der Waals surface area (Å²) in [7, 11) is 0.301. The summed E-state index contributed by atoms with van der Waals surface area (Å²) in [6.07, 6.45) is 1.82. The van der Waals surface area contributed by atoms with Gasteiger partial charge >= 0.3 is 0 Å². The van der Waals surface area contributed by atoms with Gasteiger partial charge in [0.05, 0.1) is 16.8 Å². The fourth-order valence-corrected chi connectivity index (χ4v) is 6.07. The predicted octanol–water partition coefficient (Wildman–Crippen LogP) is 1.47. The minimum Gasteiger partial charge on any atom is -0.368 e. The molecule has 1 aliphatic rings. The van der Waals surface area contributed by atoms with Gasteiger partial charge < -0.3 is 9.80 Å². The number of nitrogens with one attached hydrogen (secondary N) is 1. The number of pyridine rings is 1. The molecule has 30 heavy (non-hydrogen) atoms. The highest BCUT2D eigenvalue weighted by Crippen LogP contribution is 2.31. The number of aromatic amines is 1. The average molecular weight is 447 g/mol. The SMILES string of the molecule is CN(C)c1ccc(N2CCN(S(=O)(=O)c3ccc(-c4ccc(=O)[nH]n4)s3)CC2)cn1. The Hall–Kier alpha value is -2.76. The van der Waals surface area contributed by atoms with Crippen molar-refractivity contribution in [2.24, 2.45) is 0 Å². The molecular weight excluding hydrogens is 424 g/mol. The van der Waals surface area contributed by atoms with Crippen LogP contribution in [0, 0.1) is 0 Å². The molecule has 1 aliphatic heterocycles. The molecule has 11 heteroatoms. The van der Waals surface area contributed by atoms with Crippen LogP contribution in [0.25, 0.3) is 10.6 Å². The quantitative estimate of drug-likeness (QED) is 0.633. The van der Waals surface area contributed by atoms with Gasteiger partial charge in [-0.05, 0) is 30.3 Å². The van der Waals surface area contributed by atoms with Crippen molar-refractivity contribution >= 4 is 32.9 Å². The molecule has 9 nitrogen and oxygen atoms in total. The fraction of sp³-hybridized carbons (Fsp3) is 0.316. The van der Waals surface area contributed by atoms with Crippen LogP contribution in [-0.2, 0) is 10.0 Å². The molecule has 0 spiro atoms. The minimum atomic E-state index is -3.58. The van der Waals surface area contributed by atoms with Crippen LogP contribution in [0.2, 0.25) is 0 Å². The number of sulfonamides is 1. The zero-order valence-corrected chi connectivity index (χ0v) is 18.3. The lowest BCUT2D eigenvalue weighted by Crippen LogP contribution is -2.48. The van der Waals surface area contributed by atoms with Crippen LogP contribution in [-0.4, -0.2) is 68.2 Å². The van der Waals surface area contributed by atoms with E-state index < -0.39 is 10.0 Å². The Morgan fingerprint density at radius 3 is 2.40 bits per heavy atom. The summed E-state index contributed by atoms with van der Waals surface area (Å²) >= 11 is 1.15. The summed E-state index contributed by atoms with van der Waals surface area (Å²) in [5, 5.41) is 6.33. The lowest BCUT2D eigenvalue weighted by molar-refractivity contribution is 0.386. The monoisotopic (exact) mass is 446 g/mol. The van der Waals surface area contributed by atoms with Crippen molar-refractivity contribution in [3.05, 3.63) is 52.9 Å². The highest BCUT2D eigenvalue weighted by molar-refractivity contribution is 7.91. The third-order valence-electron chi connectivity index (χ3n) is 4.90. The van der Waals surface area contributed by atoms with Crippen molar-refractivity contribution in [2.75, 3.05) is 50.1 Å². The van der Waals surface area contributed by atoms with E-state index in [4.69, 9.17) is 0 Å². The maximum absolute atomic E-state index is 13.1. The molecule has 0 unspecified atom stereocenters. The van der Waals surface area contributed by atoms with Crippen molar-refractivity contribution in [2.45, 2.75) is 4.21 Å². The Balaban J connectivity index is 1.45. The molecule has 0 saturated carbocycles. The van der Waals surface area contributed by atoms with Gasteiger partial charge in [-0.3, -0.25) is 4.79 Å². The van der Waals surface area contributed by atoms with Gasteiger partial charge in [-0.1, -0.05) is 0 Å². The van der Waals surface area contributed by atoms with Gasteiger partial charge in [0.25, 0.3) is 15.6 Å². The van der Waals surface area contributed by atoms with Crippen molar-refractivity contribution in [3.8, 4) is 10.6 Å². The lowest BCUT2D eigenvalue weighted by atomic mass is 10.3. The third kappa shape index (κ3) is 4.09. The van der Waals surface area contributed by atoms with Crippen LogP contribution in [0.4, 0.5) is 11.5 Å². The van der Waals surface area contributed by atoms with Crippen LogP contribution in [0.15, 0.2) is 51.6 Å². The highest BCUT2D eigenvalue weighted by atomic mass is 32.2. The third-order valence-corrected chi connectivity index (χ3v) is 8.38. The van der Waals surface area contributed by atoms with Gasteiger partial charge in [0.1, 0.15) is 15.7 Å². The Bertz CT molecular complexity index is 1160. The van der Waals surface area contributed by atoms with Crippen LogP contribution < -0.4 is 15.4 Å². The number of aromatic nitrogens is 3. The molecule has 0 aromatic carbocycles. The number of H-pyrrole nitrogens is 1. The van der Waals surface area contributed by atoms with Crippen LogP contribution >= 0.6 is 11.3 Å². The summed E-state index contributed by atoms with van der Waals surface area (Å²) < 4.78 is 27.9. The van der Waals surface area contributed by atoms with Gasteiger partial charge in [0.2, 0.25) is 0 Å². The second-order valence-corrected chi connectivity index (χ2v) is 10.3. The van der Waals surface area contributed by atoms with Gasteiger partial charge in [-0.2, -0.15) is 9.40 Å². The molecule has 0 amide bonds. The van der Waals surface area contributed by atoms with E-state index in [-0.39, 0.29) is 9.77 Å². The maximum atomic E-state index is 13.1. The smallest absolute Gasteiger partial charge is 0.264 e. The molecule has 0 bridgehead atoms. The number of hydrogen-bond acceptors (Lipinski definition) is 8. The number of anilines is 2. The molecule has 4 rings (SSSR count). The van der Waals surface area contributed by atoms with Crippen molar-refractivity contribution in [1.82, 2.24) is 19.5 Å². The first kappa shape index (κ1) is 20.5. The molecule has 3 aromatic heterocycles. The van der Waals surface area contributed by atoms with E-state index in [1.807, 2.05) is 37.3 Å². The Labute approximate surface area is 178 Å². The first-order chi connectivity index (χ1) is 14.3. The molecule has 1 fully saturated rings. The van der Waals surface area contributed by atoms with E-state index >= 15 is 0 Å². The number of thiophene rings is 1. The van der Waals surface area contributed by atoms with Crippen LogP contribution in [0.1, 0.15) is 0 Å². The summed E-state index contributed by atoms with van der Waals surface area (Å²) in [5.74, 6) is 0.880. The molecule has 4 heterocycles. The van der Waals surface area contributed by atoms with E-state index in [2.05, 4.69) is 20.1 Å². The maximum Gasteiger partial charge on any atom is 0.264 e. The fourth-order valence-electron chi connectivity index (χ4n) is 3.22. The standard InChI is InChI=1S/C19H22N6O3S2/c1-23(2)17-6-3-14(13-20-17)24-9-11-25(12-10-24)30(27,28)19-8-5-16(29-19)15-4-7-18(26)22-21-15/h3-8,13H,9-12H2,1-2H3,(H,22,26). The topological polar surface area (TPSA) is 102 Å². The molecule has 0 atom stereocenters. The first-order valence-corrected chi connectivity index (χ1v) is 11.6. The number of rotatable bonds is 5. The van der Waals surface area contributed by atoms with Gasteiger partial charge in [0, 0.05) is 46.3 Å². The summed E-state index contributed by atoms with van der Waals surface area (Å²) in [5.41, 5.74) is 1.23. The van der Waals surface area contributed by atoms with Crippen molar-refractivity contribution in [1.29, 1.82) is 0 Å². The van der Waals surface area contributed by atoms with E-state index in [9.17, 15) is 13.2 Å². The Morgan fingerprint density at radius 2 is 1.80 bits per heavy atom. The largest absolute Gasteiger partial charge is 0.368 e. The molecule has 0 radical (unpaired) electrons. The second kappa shape index (κ2) is 8.17.